The van der Waals surface area contributed by atoms with E-state index in [1.54, 1.807) is 22.9 Å². The fourth-order valence-corrected chi connectivity index (χ4v) is 4.27. The van der Waals surface area contributed by atoms with Gasteiger partial charge in [-0.05, 0) is 29.3 Å². The maximum atomic E-state index is 10.7. The van der Waals surface area contributed by atoms with E-state index in [2.05, 4.69) is 0 Å². The van der Waals surface area contributed by atoms with Crippen LogP contribution in [0.2, 0.25) is 0 Å². The van der Waals surface area contributed by atoms with Gasteiger partial charge in [-0.2, -0.15) is 0 Å². The summed E-state index contributed by atoms with van der Waals surface area (Å²) in [6.07, 6.45) is 0. The minimum Gasteiger partial charge on any atom is -0.399 e. The van der Waals surface area contributed by atoms with Gasteiger partial charge in [-0.15, -0.1) is 0 Å². The van der Waals surface area contributed by atoms with Crippen LogP contribution in [0.3, 0.4) is 0 Å². The number of nitrogens with two attached hydrogens (primary N) is 1. The number of anilines is 1. The van der Waals surface area contributed by atoms with E-state index in [0.29, 0.717) is 0 Å². The molecule has 2 aromatic carbocycles. The van der Waals surface area contributed by atoms with Gasteiger partial charge in [-0.1, -0.05) is 27.7 Å². The smallest absolute Gasteiger partial charge is 0.270 e. The van der Waals surface area contributed by atoms with Crippen molar-refractivity contribution in [3.8, 4) is 11.1 Å². The van der Waals surface area contributed by atoms with E-state index in [-0.39, 0.29) is 10.6 Å². The first-order valence-electron chi connectivity index (χ1n) is 5.18. The molecule has 1 aliphatic rings. The summed E-state index contributed by atoms with van der Waals surface area (Å²) in [5, 5.41) is 10.7. The molecule has 0 saturated heterocycles. The minimum absolute atomic E-state index is 0.126. The Morgan fingerprint density at radius 2 is 1.61 bits per heavy atom. The van der Waals surface area contributed by atoms with Crippen LogP contribution < -0.4 is 5.73 Å². The lowest BCUT2D eigenvalue weighted by molar-refractivity contribution is -0.385. The Labute approximate surface area is 111 Å². The van der Waals surface area contributed by atoms with Crippen LogP contribution in [0, 0.1) is 10.1 Å². The fraction of sp³-hybridized carbons (Fsp3) is 0. The van der Waals surface area contributed by atoms with Crippen LogP contribution in [0.15, 0.2) is 46.2 Å². The predicted octanol–water partition coefficient (Wildman–Crippen LogP) is 3.96. The molecule has 0 unspecified atom stereocenters. The summed E-state index contributed by atoms with van der Waals surface area (Å²) >= 11 is 0. The second-order valence-corrected chi connectivity index (χ2v) is 6.07. The fourth-order valence-electron chi connectivity index (χ4n) is 1.84. The summed E-state index contributed by atoms with van der Waals surface area (Å²) in [5.74, 6) is 0. The van der Waals surface area contributed by atoms with Crippen molar-refractivity contribution in [1.29, 1.82) is 0 Å². The van der Waals surface area contributed by atoms with E-state index in [1.807, 2.05) is 18.2 Å². The number of nitro benzene ring substituents is 1. The lowest BCUT2D eigenvalue weighted by Crippen LogP contribution is -1.94. The standard InChI is InChI=1S/C12H8N2O2S2/c13-7-1-3-9-10-4-2-8(14(15)16)6-12(10)18-17-11(9)5-7/h1-6H,13H2. The largest absolute Gasteiger partial charge is 0.399 e. The molecule has 6 heteroatoms. The zero-order valence-corrected chi connectivity index (χ0v) is 10.8. The molecule has 18 heavy (non-hydrogen) atoms. The first-order chi connectivity index (χ1) is 8.65. The average Bonchev–Trinajstić information content (AvgIpc) is 2.37. The first kappa shape index (κ1) is 11.4. The summed E-state index contributed by atoms with van der Waals surface area (Å²) < 4.78 is 0. The molecule has 0 aliphatic carbocycles. The van der Waals surface area contributed by atoms with E-state index < -0.39 is 0 Å². The number of fused-ring (bicyclic) bond motifs is 3. The molecule has 90 valence electrons. The van der Waals surface area contributed by atoms with Gasteiger partial charge < -0.3 is 5.73 Å². The Kier molecular flexibility index (Phi) is 2.68. The summed E-state index contributed by atoms with van der Waals surface area (Å²) in [7, 11) is 3.11. The van der Waals surface area contributed by atoms with Gasteiger partial charge in [0.1, 0.15) is 0 Å². The normalized spacial score (nSPS) is 12.7. The highest BCUT2D eigenvalue weighted by atomic mass is 33.1. The quantitative estimate of drug-likeness (QED) is 0.369. The minimum atomic E-state index is -0.371. The molecule has 0 amide bonds. The molecule has 1 heterocycles. The van der Waals surface area contributed by atoms with Crippen LogP contribution in [0.5, 0.6) is 0 Å². The Bertz CT molecular complexity index is 659. The van der Waals surface area contributed by atoms with Crippen LogP contribution in [-0.4, -0.2) is 4.92 Å². The van der Waals surface area contributed by atoms with Crippen molar-refractivity contribution in [1.82, 2.24) is 0 Å². The third kappa shape index (κ3) is 1.83. The SMILES string of the molecule is Nc1ccc2c(c1)SSc1cc([N+](=O)[O-])ccc1-2. The maximum absolute atomic E-state index is 10.7. The van der Waals surface area contributed by atoms with Gasteiger partial charge in [0.25, 0.3) is 5.69 Å². The molecule has 0 bridgehead atoms. The second-order valence-electron chi connectivity index (χ2n) is 3.86. The van der Waals surface area contributed by atoms with E-state index in [9.17, 15) is 10.1 Å². The van der Waals surface area contributed by atoms with Crippen LogP contribution in [-0.2, 0) is 0 Å². The Morgan fingerprint density at radius 3 is 2.28 bits per heavy atom. The number of nitro groups is 1. The van der Waals surface area contributed by atoms with Crippen molar-refractivity contribution in [2.24, 2.45) is 0 Å². The van der Waals surface area contributed by atoms with Crippen molar-refractivity contribution in [2.45, 2.75) is 9.79 Å². The highest BCUT2D eigenvalue weighted by molar-refractivity contribution is 8.76. The third-order valence-electron chi connectivity index (χ3n) is 2.69. The highest BCUT2D eigenvalue weighted by Gasteiger charge is 2.20. The molecular weight excluding hydrogens is 268 g/mol. The predicted molar refractivity (Wildman–Crippen MR) is 74.7 cm³/mol. The lowest BCUT2D eigenvalue weighted by atomic mass is 10.0. The van der Waals surface area contributed by atoms with E-state index in [1.165, 1.54) is 16.9 Å². The van der Waals surface area contributed by atoms with Crippen molar-refractivity contribution in [3.05, 3.63) is 46.5 Å². The maximum Gasteiger partial charge on any atom is 0.270 e. The monoisotopic (exact) mass is 276 g/mol. The van der Waals surface area contributed by atoms with Crippen LogP contribution in [0.1, 0.15) is 0 Å². The van der Waals surface area contributed by atoms with Gasteiger partial charge >= 0.3 is 0 Å². The molecule has 0 aromatic heterocycles. The molecule has 0 saturated carbocycles. The van der Waals surface area contributed by atoms with Gasteiger partial charge in [-0.3, -0.25) is 10.1 Å². The molecule has 2 N–H and O–H groups in total. The molecule has 1 aliphatic heterocycles. The Hall–Kier alpha value is -1.66. The Morgan fingerprint density at radius 1 is 1.00 bits per heavy atom. The van der Waals surface area contributed by atoms with Crippen molar-refractivity contribution in [3.63, 3.8) is 0 Å². The van der Waals surface area contributed by atoms with E-state index in [0.717, 1.165) is 26.6 Å². The van der Waals surface area contributed by atoms with Gasteiger partial charge in [0, 0.05) is 27.6 Å². The number of rotatable bonds is 1. The zero-order valence-electron chi connectivity index (χ0n) is 9.12. The van der Waals surface area contributed by atoms with Gasteiger partial charge in [0.2, 0.25) is 0 Å². The highest BCUT2D eigenvalue weighted by Crippen LogP contribution is 2.52. The summed E-state index contributed by atoms with van der Waals surface area (Å²) in [4.78, 5) is 12.4. The molecule has 2 aromatic rings. The molecule has 0 fully saturated rings. The van der Waals surface area contributed by atoms with Crippen molar-refractivity contribution in [2.75, 3.05) is 5.73 Å². The van der Waals surface area contributed by atoms with E-state index >= 15 is 0 Å². The topological polar surface area (TPSA) is 69.2 Å². The molecule has 0 radical (unpaired) electrons. The molecule has 4 nitrogen and oxygen atoms in total. The molecule has 0 spiro atoms. The Balaban J connectivity index is 2.16. The van der Waals surface area contributed by atoms with Crippen molar-refractivity contribution < 1.29 is 4.92 Å². The van der Waals surface area contributed by atoms with Gasteiger partial charge in [0.15, 0.2) is 0 Å². The second kappa shape index (κ2) is 4.22. The molecule has 3 rings (SSSR count). The van der Waals surface area contributed by atoms with Gasteiger partial charge in [-0.25, -0.2) is 0 Å². The number of benzene rings is 2. The van der Waals surface area contributed by atoms with E-state index in [4.69, 9.17) is 5.73 Å². The number of nitrogen functional groups attached to an aromatic ring is 1. The number of nitrogens with zero attached hydrogens (tertiary/aromatic N) is 1. The summed E-state index contributed by atoms with van der Waals surface area (Å²) in [5.41, 5.74) is 8.72. The van der Waals surface area contributed by atoms with Crippen molar-refractivity contribution >= 4 is 33.0 Å². The molecule has 0 atom stereocenters. The number of hydrogen-bond donors (Lipinski definition) is 1. The number of hydrogen-bond acceptors (Lipinski definition) is 5. The zero-order chi connectivity index (χ0) is 12.7. The molecular formula is C12H8N2O2S2. The summed E-state index contributed by atoms with van der Waals surface area (Å²) in [6.45, 7) is 0. The summed E-state index contributed by atoms with van der Waals surface area (Å²) in [6, 6.07) is 10.7. The van der Waals surface area contributed by atoms with Crippen LogP contribution in [0.4, 0.5) is 11.4 Å². The third-order valence-corrected chi connectivity index (χ3v) is 5.14. The first-order valence-corrected chi connectivity index (χ1v) is 7.33. The average molecular weight is 276 g/mol. The number of non-ortho nitro benzene ring substituents is 1. The van der Waals surface area contributed by atoms with Gasteiger partial charge in [0.05, 0.1) is 4.92 Å². The van der Waals surface area contributed by atoms with Crippen LogP contribution in [0.25, 0.3) is 11.1 Å². The van der Waals surface area contributed by atoms with Crippen LogP contribution >= 0.6 is 21.6 Å². The lowest BCUT2D eigenvalue weighted by Gasteiger charge is -2.18.